The fourth-order valence-corrected chi connectivity index (χ4v) is 1.49. The molecule has 3 N–H and O–H groups in total. The fourth-order valence-electron chi connectivity index (χ4n) is 1.49. The largest absolute Gasteiger partial charge is 0.487 e. The molecule has 0 radical (unpaired) electrons. The summed E-state index contributed by atoms with van der Waals surface area (Å²) < 4.78 is 56.8. The summed E-state index contributed by atoms with van der Waals surface area (Å²) in [6.45, 7) is -0.124. The molecule has 20 heavy (non-hydrogen) atoms. The van der Waals surface area contributed by atoms with Gasteiger partial charge in [0, 0.05) is 12.5 Å². The lowest BCUT2D eigenvalue weighted by Crippen LogP contribution is -2.29. The summed E-state index contributed by atoms with van der Waals surface area (Å²) in [5, 5.41) is 0. The van der Waals surface area contributed by atoms with Gasteiger partial charge in [-0.05, 0) is 19.3 Å². The lowest BCUT2D eigenvalue weighted by Gasteiger charge is -2.09. The molecule has 4 nitrogen and oxygen atoms in total. The third-order valence-electron chi connectivity index (χ3n) is 2.53. The monoisotopic (exact) mass is 294 g/mol. The first-order valence-corrected chi connectivity index (χ1v) is 5.92. The van der Waals surface area contributed by atoms with Crippen LogP contribution in [0.15, 0.2) is 6.07 Å². The Labute approximate surface area is 112 Å². The van der Waals surface area contributed by atoms with Gasteiger partial charge in [-0.25, -0.2) is 14.6 Å². The molecule has 0 fully saturated rings. The minimum atomic E-state index is -1.56. The Morgan fingerprint density at radius 1 is 1.10 bits per heavy atom. The molecule has 0 saturated carbocycles. The summed E-state index contributed by atoms with van der Waals surface area (Å²) >= 11 is 0. The number of nitrogens with two attached hydrogens (primary N) is 1. The minimum Gasteiger partial charge on any atom is -0.487 e. The second-order valence-corrected chi connectivity index (χ2v) is 4.02. The van der Waals surface area contributed by atoms with Gasteiger partial charge in [0.1, 0.15) is 0 Å². The minimum absolute atomic E-state index is 0.114. The van der Waals surface area contributed by atoms with Crippen molar-refractivity contribution in [3.05, 3.63) is 29.3 Å². The molecule has 1 amide bonds. The Morgan fingerprint density at radius 3 is 2.25 bits per heavy atom. The van der Waals surface area contributed by atoms with Crippen molar-refractivity contribution < 1.29 is 27.1 Å². The van der Waals surface area contributed by atoms with Gasteiger partial charge in [0.05, 0.1) is 6.61 Å². The number of halogens is 4. The molecule has 1 aromatic carbocycles. The van der Waals surface area contributed by atoms with E-state index in [4.69, 9.17) is 10.6 Å². The molecule has 0 aromatic heterocycles. The highest BCUT2D eigenvalue weighted by Gasteiger charge is 2.20. The lowest BCUT2D eigenvalue weighted by atomic mass is 10.2. The zero-order valence-electron chi connectivity index (χ0n) is 10.5. The van der Waals surface area contributed by atoms with Crippen LogP contribution in [0, 0.1) is 23.3 Å². The number of amides is 1. The van der Waals surface area contributed by atoms with Crippen LogP contribution >= 0.6 is 0 Å². The Hall–Kier alpha value is -1.83. The van der Waals surface area contributed by atoms with E-state index >= 15 is 0 Å². The highest BCUT2D eigenvalue weighted by Crippen LogP contribution is 2.26. The van der Waals surface area contributed by atoms with Crippen LogP contribution in [0.2, 0.25) is 0 Å². The molecule has 0 unspecified atom stereocenters. The van der Waals surface area contributed by atoms with Crippen LogP contribution in [0.25, 0.3) is 0 Å². The topological polar surface area (TPSA) is 64.3 Å². The molecule has 0 bridgehead atoms. The first kappa shape index (κ1) is 16.2. The van der Waals surface area contributed by atoms with Crippen LogP contribution in [-0.2, 0) is 4.79 Å². The van der Waals surface area contributed by atoms with Gasteiger partial charge in [-0.3, -0.25) is 10.2 Å². The molecular formula is C12H14F4N2O2. The fraction of sp³-hybridized carbons (Fsp3) is 0.417. The van der Waals surface area contributed by atoms with Crippen LogP contribution < -0.4 is 16.0 Å². The van der Waals surface area contributed by atoms with E-state index < -0.39 is 29.0 Å². The number of hydrogen-bond donors (Lipinski definition) is 2. The third-order valence-corrected chi connectivity index (χ3v) is 2.53. The van der Waals surface area contributed by atoms with Crippen LogP contribution in [0.4, 0.5) is 17.6 Å². The Kier molecular flexibility index (Phi) is 6.23. The van der Waals surface area contributed by atoms with Gasteiger partial charge in [0.2, 0.25) is 17.5 Å². The Morgan fingerprint density at radius 2 is 1.70 bits per heavy atom. The quantitative estimate of drug-likeness (QED) is 0.202. The van der Waals surface area contributed by atoms with Crippen molar-refractivity contribution in [3.63, 3.8) is 0 Å². The Balaban J connectivity index is 2.41. The van der Waals surface area contributed by atoms with Gasteiger partial charge in [-0.2, -0.15) is 8.78 Å². The first-order chi connectivity index (χ1) is 9.47. The molecular weight excluding hydrogens is 280 g/mol. The van der Waals surface area contributed by atoms with E-state index in [0.717, 1.165) is 0 Å². The van der Waals surface area contributed by atoms with Crippen molar-refractivity contribution >= 4 is 5.91 Å². The maximum Gasteiger partial charge on any atom is 0.233 e. The normalized spacial score (nSPS) is 10.4. The zero-order valence-corrected chi connectivity index (χ0v) is 10.5. The van der Waals surface area contributed by atoms with Gasteiger partial charge in [0.25, 0.3) is 0 Å². The summed E-state index contributed by atoms with van der Waals surface area (Å²) in [4.78, 5) is 10.8. The van der Waals surface area contributed by atoms with Gasteiger partial charge in [-0.15, -0.1) is 0 Å². The standard InChI is InChI=1S/C12H14F4N2O2/c13-7-6-8(14)11(16)12(10(7)15)20-5-3-1-2-4-9(19)18-17/h6H,1-5,17H2,(H,18,19). The first-order valence-electron chi connectivity index (χ1n) is 5.92. The number of nitrogens with one attached hydrogen (secondary N) is 1. The summed E-state index contributed by atoms with van der Waals surface area (Å²) in [7, 11) is 0. The number of benzene rings is 1. The molecule has 0 spiro atoms. The molecule has 0 atom stereocenters. The predicted octanol–water partition coefficient (Wildman–Crippen LogP) is 2.17. The molecule has 112 valence electrons. The summed E-state index contributed by atoms with van der Waals surface area (Å²) in [5.41, 5.74) is 1.96. The van der Waals surface area contributed by atoms with Crippen molar-refractivity contribution in [1.29, 1.82) is 0 Å². The highest BCUT2D eigenvalue weighted by atomic mass is 19.2. The molecule has 0 aliphatic carbocycles. The van der Waals surface area contributed by atoms with Gasteiger partial charge >= 0.3 is 0 Å². The average molecular weight is 294 g/mol. The molecule has 0 saturated heterocycles. The molecule has 0 aliphatic rings. The number of ether oxygens (including phenoxy) is 1. The van der Waals surface area contributed by atoms with Crippen molar-refractivity contribution in [2.75, 3.05) is 6.61 Å². The average Bonchev–Trinajstić information content (AvgIpc) is 2.43. The second-order valence-electron chi connectivity index (χ2n) is 4.02. The van der Waals surface area contributed by atoms with Crippen LogP contribution in [0.3, 0.4) is 0 Å². The van der Waals surface area contributed by atoms with Crippen LogP contribution in [0.1, 0.15) is 25.7 Å². The number of carbonyl (C=O) groups is 1. The summed E-state index contributed by atoms with van der Waals surface area (Å²) in [6, 6.07) is 0.114. The van der Waals surface area contributed by atoms with Crippen molar-refractivity contribution in [1.82, 2.24) is 5.43 Å². The molecule has 8 heteroatoms. The van der Waals surface area contributed by atoms with E-state index in [1.165, 1.54) is 0 Å². The molecule has 1 rings (SSSR count). The van der Waals surface area contributed by atoms with Crippen molar-refractivity contribution in [3.8, 4) is 5.75 Å². The predicted molar refractivity (Wildman–Crippen MR) is 62.6 cm³/mol. The van der Waals surface area contributed by atoms with Gasteiger partial charge < -0.3 is 4.74 Å². The summed E-state index contributed by atoms with van der Waals surface area (Å²) in [5.74, 6) is -2.68. The maximum absolute atomic E-state index is 13.2. The van der Waals surface area contributed by atoms with Crippen LogP contribution in [0.5, 0.6) is 5.75 Å². The number of hydrogen-bond acceptors (Lipinski definition) is 3. The molecule has 1 aromatic rings. The third kappa shape index (κ3) is 4.37. The zero-order chi connectivity index (χ0) is 15.1. The number of rotatable bonds is 7. The van der Waals surface area contributed by atoms with Crippen molar-refractivity contribution in [2.24, 2.45) is 5.84 Å². The number of unbranched alkanes of at least 4 members (excludes halogenated alkanes) is 2. The number of hydrazine groups is 1. The van der Waals surface area contributed by atoms with E-state index in [9.17, 15) is 22.4 Å². The number of carbonyl (C=O) groups excluding carboxylic acids is 1. The van der Waals surface area contributed by atoms with E-state index in [2.05, 4.69) is 0 Å². The van der Waals surface area contributed by atoms with E-state index in [1.54, 1.807) is 0 Å². The highest BCUT2D eigenvalue weighted by molar-refractivity contribution is 5.74. The van der Waals surface area contributed by atoms with E-state index in [0.29, 0.717) is 19.3 Å². The smallest absolute Gasteiger partial charge is 0.233 e. The van der Waals surface area contributed by atoms with Gasteiger partial charge in [-0.1, -0.05) is 0 Å². The SMILES string of the molecule is NNC(=O)CCCCCOc1c(F)c(F)cc(F)c1F. The van der Waals surface area contributed by atoms with Gasteiger partial charge in [0.15, 0.2) is 17.4 Å². The van der Waals surface area contributed by atoms with E-state index in [-0.39, 0.29) is 25.0 Å². The maximum atomic E-state index is 13.2. The van der Waals surface area contributed by atoms with E-state index in [1.807, 2.05) is 5.43 Å². The second kappa shape index (κ2) is 7.68. The summed E-state index contributed by atoms with van der Waals surface area (Å²) in [6.07, 6.45) is 1.63. The molecule has 0 heterocycles. The van der Waals surface area contributed by atoms with Crippen LogP contribution in [-0.4, -0.2) is 12.5 Å². The molecule has 0 aliphatic heterocycles. The van der Waals surface area contributed by atoms with Crippen molar-refractivity contribution in [2.45, 2.75) is 25.7 Å². The Bertz CT molecular complexity index is 457. The lowest BCUT2D eigenvalue weighted by molar-refractivity contribution is -0.121.